The molecule has 3 rings (SSSR count). The van der Waals surface area contributed by atoms with Gasteiger partial charge >= 0.3 is 11.1 Å². The molecule has 2 aromatic heterocycles. The second kappa shape index (κ2) is 9.36. The van der Waals surface area contributed by atoms with Gasteiger partial charge < -0.3 is 15.3 Å². The standard InChI is InChI=1S/C15H13N5O4.2BrH/c21-14-15(22)19-13-10(5-11(20(23)24)6-12(13)18-14)8-17-7-9-1-3-16-4-2-9;;/h1-6,17H,7-8H2,(H,18,21)(H,19,22);2*1H. The van der Waals surface area contributed by atoms with Crippen molar-refractivity contribution >= 4 is 50.7 Å². The quantitative estimate of drug-likeness (QED) is 0.285. The number of rotatable bonds is 5. The van der Waals surface area contributed by atoms with E-state index in [4.69, 9.17) is 0 Å². The maximum atomic E-state index is 11.5. The minimum Gasteiger partial charge on any atom is -0.316 e. The third-order valence-electron chi connectivity index (χ3n) is 3.50. The molecule has 9 nitrogen and oxygen atoms in total. The number of nitro groups is 1. The first-order valence-corrected chi connectivity index (χ1v) is 7.08. The number of nitrogens with one attached hydrogen (secondary N) is 3. The highest BCUT2D eigenvalue weighted by atomic mass is 79.9. The van der Waals surface area contributed by atoms with Crippen LogP contribution in [-0.4, -0.2) is 19.9 Å². The van der Waals surface area contributed by atoms with Gasteiger partial charge in [-0.3, -0.25) is 24.7 Å². The molecule has 1 aromatic carbocycles. The monoisotopic (exact) mass is 487 g/mol. The molecule has 11 heteroatoms. The van der Waals surface area contributed by atoms with Crippen LogP contribution in [0, 0.1) is 10.1 Å². The van der Waals surface area contributed by atoms with E-state index >= 15 is 0 Å². The number of hydrogen-bond donors (Lipinski definition) is 3. The van der Waals surface area contributed by atoms with Crippen LogP contribution in [0.2, 0.25) is 0 Å². The van der Waals surface area contributed by atoms with Crippen LogP contribution in [0.25, 0.3) is 11.0 Å². The van der Waals surface area contributed by atoms with Crippen molar-refractivity contribution in [2.75, 3.05) is 0 Å². The summed E-state index contributed by atoms with van der Waals surface area (Å²) in [5.41, 5.74) is 0.293. The predicted molar refractivity (Wildman–Crippen MR) is 107 cm³/mol. The van der Waals surface area contributed by atoms with E-state index in [1.54, 1.807) is 12.4 Å². The van der Waals surface area contributed by atoms with Gasteiger partial charge in [0.05, 0.1) is 16.0 Å². The Hall–Kier alpha value is -2.37. The number of fused-ring (bicyclic) bond motifs is 1. The summed E-state index contributed by atoms with van der Waals surface area (Å²) >= 11 is 0. The van der Waals surface area contributed by atoms with Gasteiger partial charge in [-0.05, 0) is 23.3 Å². The Morgan fingerprint density at radius 3 is 2.35 bits per heavy atom. The lowest BCUT2D eigenvalue weighted by Crippen LogP contribution is -2.29. The highest BCUT2D eigenvalue weighted by Crippen LogP contribution is 2.21. The normalized spacial score (nSPS) is 10.0. The van der Waals surface area contributed by atoms with Crippen LogP contribution in [0.3, 0.4) is 0 Å². The van der Waals surface area contributed by atoms with E-state index in [9.17, 15) is 19.7 Å². The summed E-state index contributed by atoms with van der Waals surface area (Å²) in [7, 11) is 0. The number of aromatic nitrogens is 3. The van der Waals surface area contributed by atoms with Crippen LogP contribution in [0.5, 0.6) is 0 Å². The van der Waals surface area contributed by atoms with Gasteiger partial charge in [-0.25, -0.2) is 0 Å². The first-order chi connectivity index (χ1) is 11.5. The van der Waals surface area contributed by atoms with Crippen molar-refractivity contribution in [1.29, 1.82) is 0 Å². The molecule has 0 aliphatic carbocycles. The van der Waals surface area contributed by atoms with E-state index in [1.807, 2.05) is 12.1 Å². The zero-order valence-electron chi connectivity index (χ0n) is 13.2. The average molecular weight is 489 g/mol. The lowest BCUT2D eigenvalue weighted by atomic mass is 10.1. The van der Waals surface area contributed by atoms with Crippen LogP contribution in [-0.2, 0) is 13.1 Å². The van der Waals surface area contributed by atoms with Gasteiger partial charge in [0.15, 0.2) is 0 Å². The summed E-state index contributed by atoms with van der Waals surface area (Å²) < 4.78 is 0. The van der Waals surface area contributed by atoms with E-state index in [0.717, 1.165) is 5.56 Å². The van der Waals surface area contributed by atoms with Gasteiger partial charge in [-0.15, -0.1) is 34.0 Å². The van der Waals surface area contributed by atoms with Crippen LogP contribution in [0.4, 0.5) is 5.69 Å². The van der Waals surface area contributed by atoms with Gasteiger partial charge in [0.25, 0.3) is 5.69 Å². The molecule has 0 amide bonds. The average Bonchev–Trinajstić information content (AvgIpc) is 2.57. The third kappa shape index (κ3) is 4.84. The number of nitro benzene ring substituents is 1. The van der Waals surface area contributed by atoms with Crippen molar-refractivity contribution in [3.8, 4) is 0 Å². The molecule has 0 atom stereocenters. The predicted octanol–water partition coefficient (Wildman–Crippen LogP) is 1.97. The van der Waals surface area contributed by atoms with Gasteiger partial charge in [0.2, 0.25) is 0 Å². The van der Waals surface area contributed by atoms with E-state index in [1.165, 1.54) is 12.1 Å². The number of H-pyrrole nitrogens is 2. The molecule has 0 saturated heterocycles. The summed E-state index contributed by atoms with van der Waals surface area (Å²) in [4.78, 5) is 42.2. The zero-order valence-corrected chi connectivity index (χ0v) is 16.6. The molecule has 0 radical (unpaired) electrons. The number of nitrogens with zero attached hydrogens (tertiary/aromatic N) is 2. The largest absolute Gasteiger partial charge is 0.316 e. The fourth-order valence-corrected chi connectivity index (χ4v) is 2.37. The summed E-state index contributed by atoms with van der Waals surface area (Å²) in [5.74, 6) is 0. The lowest BCUT2D eigenvalue weighted by Gasteiger charge is -2.08. The highest BCUT2D eigenvalue weighted by Gasteiger charge is 2.13. The Labute approximate surface area is 167 Å². The topological polar surface area (TPSA) is 134 Å². The van der Waals surface area contributed by atoms with Gasteiger partial charge in [-0.2, -0.15) is 0 Å². The Morgan fingerprint density at radius 1 is 1.04 bits per heavy atom. The van der Waals surface area contributed by atoms with Gasteiger partial charge in [0.1, 0.15) is 0 Å². The summed E-state index contributed by atoms with van der Waals surface area (Å²) in [5, 5.41) is 14.2. The van der Waals surface area contributed by atoms with Crippen molar-refractivity contribution in [1.82, 2.24) is 20.3 Å². The molecule has 3 aromatic rings. The van der Waals surface area contributed by atoms with Gasteiger partial charge in [0, 0.05) is 37.6 Å². The van der Waals surface area contributed by atoms with Crippen LogP contribution >= 0.6 is 34.0 Å². The summed E-state index contributed by atoms with van der Waals surface area (Å²) in [6.07, 6.45) is 3.34. The molecule has 0 saturated carbocycles. The van der Waals surface area contributed by atoms with Crippen molar-refractivity contribution in [3.63, 3.8) is 0 Å². The van der Waals surface area contributed by atoms with Crippen molar-refractivity contribution < 1.29 is 4.92 Å². The number of non-ortho nitro benzene ring substituents is 1. The third-order valence-corrected chi connectivity index (χ3v) is 3.50. The summed E-state index contributed by atoms with van der Waals surface area (Å²) in [6.45, 7) is 0.808. The molecule has 26 heavy (non-hydrogen) atoms. The number of benzene rings is 1. The van der Waals surface area contributed by atoms with E-state index < -0.39 is 16.0 Å². The van der Waals surface area contributed by atoms with Crippen molar-refractivity contribution in [2.24, 2.45) is 0 Å². The molecule has 0 unspecified atom stereocenters. The van der Waals surface area contributed by atoms with E-state index in [2.05, 4.69) is 20.3 Å². The first-order valence-electron chi connectivity index (χ1n) is 7.08. The fraction of sp³-hybridized carbons (Fsp3) is 0.133. The molecule has 2 heterocycles. The molecule has 0 bridgehead atoms. The molecule has 0 aliphatic rings. The molecule has 0 spiro atoms. The number of halogens is 2. The fourth-order valence-electron chi connectivity index (χ4n) is 2.37. The Kier molecular flexibility index (Phi) is 7.80. The summed E-state index contributed by atoms with van der Waals surface area (Å²) in [6, 6.07) is 6.28. The molecule has 138 valence electrons. The smallest absolute Gasteiger partial charge is 0.314 e. The van der Waals surface area contributed by atoms with Crippen molar-refractivity contribution in [3.05, 3.63) is 78.6 Å². The highest BCUT2D eigenvalue weighted by molar-refractivity contribution is 8.93. The first kappa shape index (κ1) is 21.7. The van der Waals surface area contributed by atoms with Crippen LogP contribution in [0.1, 0.15) is 11.1 Å². The second-order valence-corrected chi connectivity index (χ2v) is 5.15. The Balaban J connectivity index is 0.00000169. The number of hydrogen-bond acceptors (Lipinski definition) is 6. The maximum absolute atomic E-state index is 11.5. The Bertz CT molecular complexity index is 1020. The second-order valence-electron chi connectivity index (χ2n) is 5.15. The molecule has 0 fully saturated rings. The van der Waals surface area contributed by atoms with Crippen molar-refractivity contribution in [2.45, 2.75) is 13.1 Å². The Morgan fingerprint density at radius 2 is 1.69 bits per heavy atom. The maximum Gasteiger partial charge on any atom is 0.314 e. The molecule has 3 N–H and O–H groups in total. The minimum atomic E-state index is -0.848. The molecular formula is C15H15Br2N5O4. The zero-order chi connectivity index (χ0) is 17.1. The van der Waals surface area contributed by atoms with Gasteiger partial charge in [-0.1, -0.05) is 0 Å². The van der Waals surface area contributed by atoms with E-state index in [0.29, 0.717) is 17.6 Å². The minimum absolute atomic E-state index is 0. The number of pyridine rings is 1. The molecule has 0 aliphatic heterocycles. The number of aromatic amines is 2. The van der Waals surface area contributed by atoms with Crippen LogP contribution in [0.15, 0.2) is 46.2 Å². The van der Waals surface area contributed by atoms with E-state index in [-0.39, 0.29) is 51.7 Å². The SMILES string of the molecule is Br.Br.O=c1[nH]c2cc([N+](=O)[O-])cc(CNCc3ccncc3)c2[nH]c1=O. The van der Waals surface area contributed by atoms with Crippen LogP contribution < -0.4 is 16.4 Å². The molecular weight excluding hydrogens is 474 g/mol. The lowest BCUT2D eigenvalue weighted by molar-refractivity contribution is -0.384.